The van der Waals surface area contributed by atoms with Crippen molar-refractivity contribution in [3.8, 4) is 5.75 Å². The summed E-state index contributed by atoms with van der Waals surface area (Å²) >= 11 is 3.47. The number of benzene rings is 2. The van der Waals surface area contributed by atoms with Gasteiger partial charge < -0.3 is 10.5 Å². The summed E-state index contributed by atoms with van der Waals surface area (Å²) in [6, 6.07) is 12.3. The normalized spacial score (nSPS) is 13.3. The first-order chi connectivity index (χ1) is 9.22. The van der Waals surface area contributed by atoms with Crippen molar-refractivity contribution < 1.29 is 4.74 Å². The highest BCUT2D eigenvalue weighted by Gasteiger charge is 2.11. The highest BCUT2D eigenvalue weighted by atomic mass is 79.9. The molecule has 98 valence electrons. The van der Waals surface area contributed by atoms with Crippen LogP contribution in [0.2, 0.25) is 0 Å². The van der Waals surface area contributed by atoms with E-state index in [9.17, 15) is 0 Å². The average molecular weight is 318 g/mol. The Bertz CT molecular complexity index is 610. The van der Waals surface area contributed by atoms with Crippen molar-refractivity contribution in [1.29, 1.82) is 0 Å². The molecule has 0 amide bonds. The van der Waals surface area contributed by atoms with Gasteiger partial charge in [0.05, 0.1) is 4.47 Å². The Morgan fingerprint density at radius 1 is 1.05 bits per heavy atom. The van der Waals surface area contributed by atoms with E-state index in [1.165, 1.54) is 36.0 Å². The summed E-state index contributed by atoms with van der Waals surface area (Å²) < 4.78 is 6.77. The quantitative estimate of drug-likeness (QED) is 0.865. The summed E-state index contributed by atoms with van der Waals surface area (Å²) in [6.45, 7) is 0.579. The summed E-state index contributed by atoms with van der Waals surface area (Å²) in [5.74, 6) is 0.792. The zero-order valence-corrected chi connectivity index (χ0v) is 12.2. The number of fused-ring (bicyclic) bond motifs is 1. The van der Waals surface area contributed by atoms with Gasteiger partial charge in [-0.25, -0.2) is 0 Å². The van der Waals surface area contributed by atoms with Crippen LogP contribution >= 0.6 is 15.9 Å². The van der Waals surface area contributed by atoms with Crippen molar-refractivity contribution in [3.05, 3.63) is 57.6 Å². The molecule has 0 saturated carbocycles. The molecule has 0 unspecified atom stereocenters. The number of nitrogens with two attached hydrogens (primary N) is 1. The lowest BCUT2D eigenvalue weighted by molar-refractivity contribution is 0.304. The van der Waals surface area contributed by atoms with E-state index in [-0.39, 0.29) is 0 Å². The van der Waals surface area contributed by atoms with Gasteiger partial charge >= 0.3 is 0 Å². The maximum atomic E-state index is 5.84. The fourth-order valence-corrected chi connectivity index (χ4v) is 2.87. The molecule has 0 spiro atoms. The Balaban J connectivity index is 1.74. The molecule has 2 nitrogen and oxygen atoms in total. The van der Waals surface area contributed by atoms with Gasteiger partial charge in [0.2, 0.25) is 0 Å². The van der Waals surface area contributed by atoms with Crippen LogP contribution in [0.1, 0.15) is 23.1 Å². The van der Waals surface area contributed by atoms with Crippen LogP contribution in [0.3, 0.4) is 0 Å². The second-order valence-electron chi connectivity index (χ2n) is 4.94. The predicted octanol–water partition coefficient (Wildman–Crippen LogP) is 4.10. The van der Waals surface area contributed by atoms with Crippen LogP contribution in [-0.2, 0) is 19.4 Å². The first kappa shape index (κ1) is 12.5. The van der Waals surface area contributed by atoms with Crippen LogP contribution in [0.25, 0.3) is 0 Å². The van der Waals surface area contributed by atoms with E-state index < -0.39 is 0 Å². The molecule has 0 aromatic heterocycles. The minimum Gasteiger partial charge on any atom is -0.488 e. The molecule has 3 heteroatoms. The summed E-state index contributed by atoms with van der Waals surface area (Å²) in [4.78, 5) is 0. The molecular formula is C16H16BrNO. The van der Waals surface area contributed by atoms with Crippen molar-refractivity contribution in [2.24, 2.45) is 0 Å². The van der Waals surface area contributed by atoms with Crippen LogP contribution in [0, 0.1) is 0 Å². The number of halogens is 1. The topological polar surface area (TPSA) is 35.2 Å². The van der Waals surface area contributed by atoms with Crippen LogP contribution < -0.4 is 10.5 Å². The second kappa shape index (κ2) is 5.25. The molecule has 0 saturated heterocycles. The van der Waals surface area contributed by atoms with Crippen LogP contribution in [0.4, 0.5) is 5.69 Å². The third-order valence-corrected chi connectivity index (χ3v) is 4.17. The molecule has 0 aliphatic heterocycles. The lowest BCUT2D eigenvalue weighted by Crippen LogP contribution is -1.98. The number of anilines is 1. The summed E-state index contributed by atoms with van der Waals surface area (Å²) in [6.07, 6.45) is 3.70. The zero-order valence-electron chi connectivity index (χ0n) is 10.7. The van der Waals surface area contributed by atoms with Gasteiger partial charge in [-0.05, 0) is 64.0 Å². The molecular weight excluding hydrogens is 302 g/mol. The zero-order chi connectivity index (χ0) is 13.2. The highest BCUT2D eigenvalue weighted by molar-refractivity contribution is 9.10. The van der Waals surface area contributed by atoms with E-state index in [4.69, 9.17) is 10.5 Å². The van der Waals surface area contributed by atoms with E-state index in [2.05, 4.69) is 34.1 Å². The smallest absolute Gasteiger partial charge is 0.136 e. The Hall–Kier alpha value is -1.48. The van der Waals surface area contributed by atoms with Gasteiger partial charge in [-0.2, -0.15) is 0 Å². The molecule has 1 aliphatic carbocycles. The standard InChI is InChI=1S/C16H16BrNO/c17-15-7-6-14(18)9-16(15)19-10-11-4-5-12-2-1-3-13(12)8-11/h4-9H,1-3,10,18H2. The van der Waals surface area contributed by atoms with Crippen molar-refractivity contribution in [2.45, 2.75) is 25.9 Å². The monoisotopic (exact) mass is 317 g/mol. The number of hydrogen-bond donors (Lipinski definition) is 1. The maximum Gasteiger partial charge on any atom is 0.136 e. The SMILES string of the molecule is Nc1ccc(Br)c(OCc2ccc3c(c2)CCC3)c1. The molecule has 0 radical (unpaired) electrons. The first-order valence-corrected chi connectivity index (χ1v) is 7.30. The fraction of sp³-hybridized carbons (Fsp3) is 0.250. The Labute approximate surface area is 121 Å². The molecule has 0 atom stereocenters. The van der Waals surface area contributed by atoms with Crippen molar-refractivity contribution in [1.82, 2.24) is 0 Å². The third kappa shape index (κ3) is 2.76. The third-order valence-electron chi connectivity index (χ3n) is 3.51. The van der Waals surface area contributed by atoms with Gasteiger partial charge in [0, 0.05) is 11.8 Å². The molecule has 3 rings (SSSR count). The predicted molar refractivity (Wildman–Crippen MR) is 81.4 cm³/mol. The first-order valence-electron chi connectivity index (χ1n) is 6.51. The minimum absolute atomic E-state index is 0.579. The van der Waals surface area contributed by atoms with Gasteiger partial charge in [0.15, 0.2) is 0 Å². The number of aryl methyl sites for hydroxylation is 2. The van der Waals surface area contributed by atoms with Crippen molar-refractivity contribution in [2.75, 3.05) is 5.73 Å². The summed E-state index contributed by atoms with van der Waals surface area (Å²) in [7, 11) is 0. The van der Waals surface area contributed by atoms with Gasteiger partial charge in [-0.15, -0.1) is 0 Å². The van der Waals surface area contributed by atoms with Crippen LogP contribution in [0.5, 0.6) is 5.75 Å². The van der Waals surface area contributed by atoms with E-state index >= 15 is 0 Å². The number of nitrogen functional groups attached to an aromatic ring is 1. The number of hydrogen-bond acceptors (Lipinski definition) is 2. The number of ether oxygens (including phenoxy) is 1. The van der Waals surface area contributed by atoms with Crippen LogP contribution in [-0.4, -0.2) is 0 Å². The molecule has 1 aliphatic rings. The largest absolute Gasteiger partial charge is 0.488 e. The van der Waals surface area contributed by atoms with E-state index in [0.717, 1.165) is 10.2 Å². The molecule has 2 aromatic carbocycles. The van der Waals surface area contributed by atoms with Gasteiger partial charge in [0.25, 0.3) is 0 Å². The Kier molecular flexibility index (Phi) is 3.47. The van der Waals surface area contributed by atoms with Gasteiger partial charge in [-0.1, -0.05) is 18.2 Å². The molecule has 0 fully saturated rings. The lowest BCUT2D eigenvalue weighted by Gasteiger charge is -2.10. The van der Waals surface area contributed by atoms with Crippen LogP contribution in [0.15, 0.2) is 40.9 Å². The van der Waals surface area contributed by atoms with E-state index in [0.29, 0.717) is 12.3 Å². The highest BCUT2D eigenvalue weighted by Crippen LogP contribution is 2.28. The van der Waals surface area contributed by atoms with E-state index in [1.807, 2.05) is 18.2 Å². The molecule has 2 aromatic rings. The van der Waals surface area contributed by atoms with E-state index in [1.54, 1.807) is 0 Å². The second-order valence-corrected chi connectivity index (χ2v) is 5.79. The minimum atomic E-state index is 0.579. The van der Waals surface area contributed by atoms with Gasteiger partial charge in [0.1, 0.15) is 12.4 Å². The summed E-state index contributed by atoms with van der Waals surface area (Å²) in [5.41, 5.74) is 10.7. The van der Waals surface area contributed by atoms with Crippen molar-refractivity contribution >= 4 is 21.6 Å². The molecule has 2 N–H and O–H groups in total. The maximum absolute atomic E-state index is 5.84. The Morgan fingerprint density at radius 3 is 2.79 bits per heavy atom. The Morgan fingerprint density at radius 2 is 1.89 bits per heavy atom. The van der Waals surface area contributed by atoms with Crippen molar-refractivity contribution in [3.63, 3.8) is 0 Å². The number of rotatable bonds is 3. The average Bonchev–Trinajstić information content (AvgIpc) is 2.87. The lowest BCUT2D eigenvalue weighted by atomic mass is 10.1. The molecule has 19 heavy (non-hydrogen) atoms. The summed E-state index contributed by atoms with van der Waals surface area (Å²) in [5, 5.41) is 0. The fourth-order valence-electron chi connectivity index (χ4n) is 2.51. The molecule has 0 heterocycles. The van der Waals surface area contributed by atoms with Gasteiger partial charge in [-0.3, -0.25) is 0 Å². The molecule has 0 bridgehead atoms.